The molecule has 2 atom stereocenters. The highest BCUT2D eigenvalue weighted by Crippen LogP contribution is 2.22. The van der Waals surface area contributed by atoms with E-state index in [-0.39, 0.29) is 37.4 Å². The molecule has 0 bridgehead atoms. The summed E-state index contributed by atoms with van der Waals surface area (Å²) >= 11 is 0. The monoisotopic (exact) mass is 577 g/mol. The lowest BCUT2D eigenvalue weighted by Gasteiger charge is -2.33. The maximum absolute atomic E-state index is 14.0. The van der Waals surface area contributed by atoms with Crippen LogP contribution in [0, 0.1) is 13.8 Å². The molecule has 0 aliphatic rings. The molecule has 0 aliphatic carbocycles. The maximum Gasteiger partial charge on any atom is 0.243 e. The van der Waals surface area contributed by atoms with E-state index in [0.29, 0.717) is 18.5 Å². The number of sulfonamides is 1. The molecule has 0 saturated heterocycles. The second kappa shape index (κ2) is 14.8. The number of anilines is 1. The van der Waals surface area contributed by atoms with Crippen LogP contribution in [0.3, 0.4) is 0 Å². The van der Waals surface area contributed by atoms with E-state index in [2.05, 4.69) is 5.32 Å². The summed E-state index contributed by atoms with van der Waals surface area (Å²) in [7, 11) is -3.55. The van der Waals surface area contributed by atoms with Gasteiger partial charge in [0.15, 0.2) is 0 Å². The number of hydrogen-bond donors (Lipinski definition) is 1. The zero-order valence-electron chi connectivity index (χ0n) is 24.8. The number of nitrogens with one attached hydrogen (secondary N) is 1. The summed E-state index contributed by atoms with van der Waals surface area (Å²) < 4.78 is 26.6. The Labute approximate surface area is 245 Å². The molecule has 0 fully saturated rings. The summed E-state index contributed by atoms with van der Waals surface area (Å²) in [5, 5.41) is 3.09. The Morgan fingerprint density at radius 1 is 0.927 bits per heavy atom. The molecule has 0 saturated carbocycles. The molecule has 3 rings (SSSR count). The molecule has 41 heavy (non-hydrogen) atoms. The SMILES string of the molecule is CC[C@@H](C)NC(=O)[C@@H](Cc1ccccc1)N(Cc1ccccc1C)C(=O)CCCN(c1cccc(C)c1)S(C)(=O)=O. The molecule has 0 aliphatic heterocycles. The van der Waals surface area contributed by atoms with E-state index in [1.54, 1.807) is 11.0 Å². The largest absolute Gasteiger partial charge is 0.352 e. The van der Waals surface area contributed by atoms with Gasteiger partial charge in [-0.05, 0) is 68.0 Å². The highest BCUT2D eigenvalue weighted by Gasteiger charge is 2.31. The van der Waals surface area contributed by atoms with E-state index in [4.69, 9.17) is 0 Å². The van der Waals surface area contributed by atoms with Gasteiger partial charge in [0.2, 0.25) is 21.8 Å². The number of carbonyl (C=O) groups excluding carboxylic acids is 2. The van der Waals surface area contributed by atoms with Crippen LogP contribution in [0.25, 0.3) is 0 Å². The maximum atomic E-state index is 14.0. The van der Waals surface area contributed by atoms with Crippen LogP contribution < -0.4 is 9.62 Å². The summed E-state index contributed by atoms with van der Waals surface area (Å²) in [6, 6.07) is 24.1. The second-order valence-electron chi connectivity index (χ2n) is 10.7. The van der Waals surface area contributed by atoms with Crippen molar-refractivity contribution in [1.29, 1.82) is 0 Å². The Hall–Kier alpha value is -3.65. The molecule has 220 valence electrons. The van der Waals surface area contributed by atoms with E-state index in [9.17, 15) is 18.0 Å². The Morgan fingerprint density at radius 3 is 2.24 bits per heavy atom. The minimum absolute atomic E-state index is 0.0335. The standard InChI is InChI=1S/C33H43N3O4S/c1-6-27(4)34-33(38)31(23-28-16-8-7-9-17-28)35(24-29-18-11-10-15-26(29)3)32(37)20-13-21-36(41(5,39)40)30-19-12-14-25(2)22-30/h7-12,14-19,22,27,31H,6,13,20-21,23-24H2,1-5H3,(H,34,38)/t27-,31-/m1/s1. The average molecular weight is 578 g/mol. The topological polar surface area (TPSA) is 86.8 Å². The summed E-state index contributed by atoms with van der Waals surface area (Å²) in [5.41, 5.74) is 4.49. The predicted octanol–water partition coefficient (Wildman–Crippen LogP) is 5.40. The van der Waals surface area contributed by atoms with Crippen molar-refractivity contribution in [3.63, 3.8) is 0 Å². The first kappa shape index (κ1) is 31.9. The van der Waals surface area contributed by atoms with Crippen LogP contribution in [0.1, 0.15) is 55.4 Å². The summed E-state index contributed by atoms with van der Waals surface area (Å²) in [6.07, 6.45) is 2.74. The third kappa shape index (κ3) is 9.46. The summed E-state index contributed by atoms with van der Waals surface area (Å²) in [6.45, 7) is 8.31. The van der Waals surface area contributed by atoms with Gasteiger partial charge in [-0.3, -0.25) is 13.9 Å². The van der Waals surface area contributed by atoms with E-state index in [1.165, 1.54) is 10.6 Å². The minimum atomic E-state index is -3.55. The first-order chi connectivity index (χ1) is 19.5. The van der Waals surface area contributed by atoms with Crippen LogP contribution in [0.15, 0.2) is 78.9 Å². The minimum Gasteiger partial charge on any atom is -0.352 e. The van der Waals surface area contributed by atoms with E-state index in [0.717, 1.165) is 28.7 Å². The fourth-order valence-electron chi connectivity index (χ4n) is 4.75. The normalized spacial score (nSPS) is 12.8. The van der Waals surface area contributed by atoms with Gasteiger partial charge in [-0.2, -0.15) is 0 Å². The number of amides is 2. The Morgan fingerprint density at radius 2 is 1.61 bits per heavy atom. The van der Waals surface area contributed by atoms with Crippen molar-refractivity contribution < 1.29 is 18.0 Å². The van der Waals surface area contributed by atoms with Gasteiger partial charge in [0.05, 0.1) is 11.9 Å². The Kier molecular flexibility index (Phi) is 11.5. The Bertz CT molecular complexity index is 1410. The van der Waals surface area contributed by atoms with Crippen molar-refractivity contribution >= 4 is 27.5 Å². The molecule has 3 aromatic rings. The highest BCUT2D eigenvalue weighted by atomic mass is 32.2. The van der Waals surface area contributed by atoms with Gasteiger partial charge in [0.25, 0.3) is 0 Å². The number of carbonyl (C=O) groups is 2. The fraction of sp³-hybridized carbons (Fsp3) is 0.394. The van der Waals surface area contributed by atoms with Gasteiger partial charge in [-0.15, -0.1) is 0 Å². The first-order valence-corrected chi connectivity index (χ1v) is 16.1. The zero-order chi connectivity index (χ0) is 30.0. The number of rotatable bonds is 14. The molecule has 0 heterocycles. The first-order valence-electron chi connectivity index (χ1n) is 14.2. The summed E-state index contributed by atoms with van der Waals surface area (Å²) in [5.74, 6) is -0.381. The third-order valence-electron chi connectivity index (χ3n) is 7.32. The van der Waals surface area contributed by atoms with Crippen molar-refractivity contribution in [3.05, 3.63) is 101 Å². The van der Waals surface area contributed by atoms with E-state index >= 15 is 0 Å². The van der Waals surface area contributed by atoms with Gasteiger partial charge >= 0.3 is 0 Å². The molecule has 3 aromatic carbocycles. The molecular weight excluding hydrogens is 534 g/mol. The van der Waals surface area contributed by atoms with Crippen LogP contribution in [0.4, 0.5) is 5.69 Å². The molecular formula is C33H43N3O4S. The predicted molar refractivity (Wildman–Crippen MR) is 166 cm³/mol. The number of hydrogen-bond acceptors (Lipinski definition) is 4. The van der Waals surface area contributed by atoms with Crippen molar-refractivity contribution in [2.75, 3.05) is 17.1 Å². The molecule has 0 radical (unpaired) electrons. The average Bonchev–Trinajstić information content (AvgIpc) is 2.93. The fourth-order valence-corrected chi connectivity index (χ4v) is 5.71. The molecule has 0 unspecified atom stereocenters. The van der Waals surface area contributed by atoms with Gasteiger partial charge in [0, 0.05) is 32.0 Å². The van der Waals surface area contributed by atoms with E-state index in [1.807, 2.05) is 100 Å². The molecule has 1 N–H and O–H groups in total. The second-order valence-corrected chi connectivity index (χ2v) is 12.7. The van der Waals surface area contributed by atoms with E-state index < -0.39 is 16.1 Å². The molecule has 0 spiro atoms. The third-order valence-corrected chi connectivity index (χ3v) is 8.51. The molecule has 8 heteroatoms. The number of nitrogens with zero attached hydrogens (tertiary/aromatic N) is 2. The van der Waals surface area contributed by atoms with Gasteiger partial charge in [-0.25, -0.2) is 8.42 Å². The van der Waals surface area contributed by atoms with Crippen LogP contribution >= 0.6 is 0 Å². The van der Waals surface area contributed by atoms with Gasteiger partial charge in [0.1, 0.15) is 6.04 Å². The Balaban J connectivity index is 1.90. The number of benzene rings is 3. The molecule has 0 aromatic heterocycles. The van der Waals surface area contributed by atoms with Crippen molar-refractivity contribution in [2.45, 2.75) is 72.0 Å². The van der Waals surface area contributed by atoms with Crippen LogP contribution in [-0.2, 0) is 32.6 Å². The van der Waals surface area contributed by atoms with Crippen molar-refractivity contribution in [1.82, 2.24) is 10.2 Å². The van der Waals surface area contributed by atoms with Gasteiger partial charge in [-0.1, -0.05) is 73.7 Å². The van der Waals surface area contributed by atoms with Crippen molar-refractivity contribution in [2.24, 2.45) is 0 Å². The lowest BCUT2D eigenvalue weighted by molar-refractivity contribution is -0.141. The van der Waals surface area contributed by atoms with Crippen molar-refractivity contribution in [3.8, 4) is 0 Å². The lowest BCUT2D eigenvalue weighted by Crippen LogP contribution is -2.52. The lowest BCUT2D eigenvalue weighted by atomic mass is 10.0. The zero-order valence-corrected chi connectivity index (χ0v) is 25.7. The molecule has 7 nitrogen and oxygen atoms in total. The summed E-state index contributed by atoms with van der Waals surface area (Å²) in [4.78, 5) is 29.3. The smallest absolute Gasteiger partial charge is 0.243 e. The van der Waals surface area contributed by atoms with Crippen LogP contribution in [-0.4, -0.2) is 50.0 Å². The molecule has 2 amide bonds. The number of aryl methyl sites for hydroxylation is 2. The quantitative estimate of drug-likeness (QED) is 0.278. The van der Waals surface area contributed by atoms with Gasteiger partial charge < -0.3 is 10.2 Å². The highest BCUT2D eigenvalue weighted by molar-refractivity contribution is 7.92. The van der Waals surface area contributed by atoms with Crippen LogP contribution in [0.2, 0.25) is 0 Å². The van der Waals surface area contributed by atoms with Crippen LogP contribution in [0.5, 0.6) is 0 Å².